The van der Waals surface area contributed by atoms with Crippen LogP contribution in [0.5, 0.6) is 0 Å². The van der Waals surface area contributed by atoms with Gasteiger partial charge in [-0.2, -0.15) is 0 Å². The predicted octanol–water partition coefficient (Wildman–Crippen LogP) is 4.35. The zero-order valence-electron chi connectivity index (χ0n) is 10.4. The molecule has 0 heterocycles. The largest absolute Gasteiger partial charge is 0.382 e. The van der Waals surface area contributed by atoms with E-state index < -0.39 is 0 Å². The van der Waals surface area contributed by atoms with Crippen molar-refractivity contribution < 1.29 is 4.92 Å². The minimum absolute atomic E-state index is 0.109. The summed E-state index contributed by atoms with van der Waals surface area (Å²) in [7, 11) is 0. The first-order chi connectivity index (χ1) is 8.58. The molecule has 1 aliphatic carbocycles. The summed E-state index contributed by atoms with van der Waals surface area (Å²) in [6.45, 7) is 2.26. The van der Waals surface area contributed by atoms with Gasteiger partial charge in [0.1, 0.15) is 0 Å². The molecule has 1 saturated carbocycles. The van der Waals surface area contributed by atoms with Crippen molar-refractivity contribution in [3.63, 3.8) is 0 Å². The normalized spacial score (nSPS) is 23.7. The molecule has 0 amide bonds. The number of nitrogens with one attached hydrogen (secondary N) is 1. The van der Waals surface area contributed by atoms with Crippen LogP contribution in [0.3, 0.4) is 0 Å². The molecule has 18 heavy (non-hydrogen) atoms. The molecule has 5 heteroatoms. The fourth-order valence-corrected chi connectivity index (χ4v) is 3.01. The van der Waals surface area contributed by atoms with E-state index in [9.17, 15) is 10.1 Å². The van der Waals surface area contributed by atoms with Gasteiger partial charge in [0.2, 0.25) is 0 Å². The van der Waals surface area contributed by atoms with Crippen molar-refractivity contribution >= 4 is 27.3 Å². The third-order valence-electron chi connectivity index (χ3n) is 3.61. The van der Waals surface area contributed by atoms with Gasteiger partial charge in [0.15, 0.2) is 0 Å². The quantitative estimate of drug-likeness (QED) is 0.667. The van der Waals surface area contributed by atoms with Crippen LogP contribution in [0.25, 0.3) is 0 Å². The highest BCUT2D eigenvalue weighted by Crippen LogP contribution is 2.31. The number of halogens is 1. The Hall–Kier alpha value is -1.10. The predicted molar refractivity (Wildman–Crippen MR) is 75.8 cm³/mol. The second-order valence-corrected chi connectivity index (χ2v) is 5.79. The number of nitrogens with zero attached hydrogens (tertiary/aromatic N) is 1. The summed E-state index contributed by atoms with van der Waals surface area (Å²) in [6.07, 6.45) is 5.00. The van der Waals surface area contributed by atoms with E-state index in [0.29, 0.717) is 16.4 Å². The lowest BCUT2D eigenvalue weighted by atomic mass is 9.86. The Balaban J connectivity index is 2.10. The third kappa shape index (κ3) is 3.02. The van der Waals surface area contributed by atoms with E-state index in [0.717, 1.165) is 5.69 Å². The topological polar surface area (TPSA) is 55.2 Å². The van der Waals surface area contributed by atoms with Gasteiger partial charge in [0.05, 0.1) is 9.40 Å². The fraction of sp³-hybridized carbons (Fsp3) is 0.538. The highest BCUT2D eigenvalue weighted by atomic mass is 79.9. The molecular formula is C13H17BrN2O2. The molecule has 0 bridgehead atoms. The van der Waals surface area contributed by atoms with E-state index >= 15 is 0 Å². The smallest absolute Gasteiger partial charge is 0.283 e. The number of hydrogen-bond donors (Lipinski definition) is 1. The summed E-state index contributed by atoms with van der Waals surface area (Å²) in [5, 5.41) is 14.2. The second-order valence-electron chi connectivity index (χ2n) is 4.94. The Kier molecular flexibility index (Phi) is 4.22. The number of rotatable bonds is 3. The lowest BCUT2D eigenvalue weighted by molar-refractivity contribution is -0.385. The van der Waals surface area contributed by atoms with Crippen LogP contribution in [0.15, 0.2) is 22.7 Å². The van der Waals surface area contributed by atoms with Crippen LogP contribution in [0.4, 0.5) is 11.4 Å². The molecule has 2 unspecified atom stereocenters. The maximum Gasteiger partial charge on any atom is 0.283 e. The molecule has 1 aliphatic rings. The molecular weight excluding hydrogens is 296 g/mol. The number of anilines is 1. The highest BCUT2D eigenvalue weighted by molar-refractivity contribution is 9.10. The Morgan fingerprint density at radius 1 is 1.39 bits per heavy atom. The van der Waals surface area contributed by atoms with Gasteiger partial charge in [-0.3, -0.25) is 10.1 Å². The molecule has 98 valence electrons. The van der Waals surface area contributed by atoms with Gasteiger partial charge in [0.25, 0.3) is 5.69 Å². The zero-order chi connectivity index (χ0) is 13.1. The summed E-state index contributed by atoms with van der Waals surface area (Å²) in [5.74, 6) is 0.660. The summed E-state index contributed by atoms with van der Waals surface area (Å²) >= 11 is 3.25. The number of nitro groups is 1. The Bertz CT molecular complexity index is 451. The van der Waals surface area contributed by atoms with E-state index in [4.69, 9.17) is 0 Å². The van der Waals surface area contributed by atoms with Crippen molar-refractivity contribution in [2.24, 2.45) is 5.92 Å². The van der Waals surface area contributed by atoms with Crippen LogP contribution in [0, 0.1) is 16.0 Å². The molecule has 1 N–H and O–H groups in total. The Labute approximate surface area is 115 Å². The van der Waals surface area contributed by atoms with Gasteiger partial charge >= 0.3 is 0 Å². The second kappa shape index (κ2) is 5.69. The van der Waals surface area contributed by atoms with Gasteiger partial charge < -0.3 is 5.32 Å². The zero-order valence-corrected chi connectivity index (χ0v) is 11.9. The van der Waals surface area contributed by atoms with Crippen LogP contribution in [-0.4, -0.2) is 11.0 Å². The van der Waals surface area contributed by atoms with E-state index in [1.54, 1.807) is 18.2 Å². The molecule has 0 saturated heterocycles. The summed E-state index contributed by atoms with van der Waals surface area (Å²) in [6, 6.07) is 5.59. The van der Waals surface area contributed by atoms with Gasteiger partial charge in [0, 0.05) is 17.8 Å². The summed E-state index contributed by atoms with van der Waals surface area (Å²) in [4.78, 5) is 10.4. The number of hydrogen-bond acceptors (Lipinski definition) is 3. The average molecular weight is 313 g/mol. The van der Waals surface area contributed by atoms with Crippen molar-refractivity contribution in [2.45, 2.75) is 38.6 Å². The maximum absolute atomic E-state index is 10.7. The molecule has 1 aromatic carbocycles. The molecule has 0 aromatic heterocycles. The van der Waals surface area contributed by atoms with E-state index in [2.05, 4.69) is 28.2 Å². The van der Waals surface area contributed by atoms with Crippen LogP contribution < -0.4 is 5.32 Å². The van der Waals surface area contributed by atoms with E-state index in [-0.39, 0.29) is 10.6 Å². The molecule has 1 aromatic rings. The first-order valence-corrected chi connectivity index (χ1v) is 7.07. The molecule has 1 fully saturated rings. The lowest BCUT2D eigenvalue weighted by Gasteiger charge is -2.30. The monoisotopic (exact) mass is 312 g/mol. The van der Waals surface area contributed by atoms with Crippen molar-refractivity contribution in [3.8, 4) is 0 Å². The SMILES string of the molecule is CC1CCCCC1Nc1ccc([N+](=O)[O-])c(Br)c1. The van der Waals surface area contributed by atoms with Gasteiger partial charge in [-0.05, 0) is 46.8 Å². The van der Waals surface area contributed by atoms with Crippen molar-refractivity contribution in [1.82, 2.24) is 0 Å². The van der Waals surface area contributed by atoms with Gasteiger partial charge in [-0.15, -0.1) is 0 Å². The van der Waals surface area contributed by atoms with Crippen LogP contribution in [0.1, 0.15) is 32.6 Å². The summed E-state index contributed by atoms with van der Waals surface area (Å²) < 4.78 is 0.529. The van der Waals surface area contributed by atoms with E-state index in [1.165, 1.54) is 25.7 Å². The summed E-state index contributed by atoms with van der Waals surface area (Å²) in [5.41, 5.74) is 1.06. The van der Waals surface area contributed by atoms with Crippen molar-refractivity contribution in [3.05, 3.63) is 32.8 Å². The highest BCUT2D eigenvalue weighted by Gasteiger charge is 2.21. The third-order valence-corrected chi connectivity index (χ3v) is 4.24. The average Bonchev–Trinajstić information content (AvgIpc) is 2.32. The minimum Gasteiger partial charge on any atom is -0.382 e. The lowest BCUT2D eigenvalue weighted by Crippen LogP contribution is -2.30. The molecule has 2 rings (SSSR count). The molecule has 4 nitrogen and oxygen atoms in total. The van der Waals surface area contributed by atoms with Gasteiger partial charge in [-0.1, -0.05) is 19.8 Å². The standard InChI is InChI=1S/C13H17BrN2O2/c1-9-4-2-3-5-12(9)15-10-6-7-13(16(17)18)11(14)8-10/h6-9,12,15H,2-5H2,1H3. The Morgan fingerprint density at radius 2 is 2.11 bits per heavy atom. The van der Waals surface area contributed by atoms with Gasteiger partial charge in [-0.25, -0.2) is 0 Å². The van der Waals surface area contributed by atoms with Crippen molar-refractivity contribution in [2.75, 3.05) is 5.32 Å². The first kappa shape index (κ1) is 13.3. The van der Waals surface area contributed by atoms with Crippen LogP contribution in [0.2, 0.25) is 0 Å². The van der Waals surface area contributed by atoms with Crippen LogP contribution in [-0.2, 0) is 0 Å². The fourth-order valence-electron chi connectivity index (χ4n) is 2.49. The molecule has 0 spiro atoms. The van der Waals surface area contributed by atoms with Crippen molar-refractivity contribution in [1.29, 1.82) is 0 Å². The van der Waals surface area contributed by atoms with Crippen LogP contribution >= 0.6 is 15.9 Å². The molecule has 0 aliphatic heterocycles. The number of nitro benzene ring substituents is 1. The van der Waals surface area contributed by atoms with E-state index in [1.807, 2.05) is 0 Å². The Morgan fingerprint density at radius 3 is 2.72 bits per heavy atom. The maximum atomic E-state index is 10.7. The number of benzene rings is 1. The molecule has 0 radical (unpaired) electrons. The minimum atomic E-state index is -0.378. The first-order valence-electron chi connectivity index (χ1n) is 6.28. The molecule has 2 atom stereocenters.